The quantitative estimate of drug-likeness (QED) is 0.530. The number of carbonyl (C=O) groups excluding carboxylic acids is 2. The van der Waals surface area contributed by atoms with Crippen LogP contribution < -0.4 is 10.2 Å². The van der Waals surface area contributed by atoms with Crippen LogP contribution in [-0.4, -0.2) is 34.7 Å². The summed E-state index contributed by atoms with van der Waals surface area (Å²) < 4.78 is 0. The molecule has 3 aromatic rings. The Morgan fingerprint density at radius 1 is 1.03 bits per heavy atom. The van der Waals surface area contributed by atoms with Crippen molar-refractivity contribution in [2.45, 2.75) is 45.1 Å². The van der Waals surface area contributed by atoms with Crippen LogP contribution in [0.3, 0.4) is 0 Å². The summed E-state index contributed by atoms with van der Waals surface area (Å²) in [6, 6.07) is 12.0. The molecule has 36 heavy (non-hydrogen) atoms. The molecule has 4 aliphatic carbocycles. The number of nitrogens with zero attached hydrogens (tertiary/aromatic N) is 3. The highest BCUT2D eigenvalue weighted by Gasteiger charge is 2.54. The summed E-state index contributed by atoms with van der Waals surface area (Å²) in [4.78, 5) is 38.0. The molecule has 1 N–H and O–H groups in total. The first kappa shape index (κ1) is 22.3. The van der Waals surface area contributed by atoms with E-state index >= 15 is 0 Å². The molecule has 1 aromatic carbocycles. The van der Waals surface area contributed by atoms with Gasteiger partial charge in [-0.2, -0.15) is 0 Å². The number of benzene rings is 1. The van der Waals surface area contributed by atoms with E-state index < -0.39 is 0 Å². The molecule has 2 aromatic heterocycles. The van der Waals surface area contributed by atoms with Crippen molar-refractivity contribution < 1.29 is 9.59 Å². The summed E-state index contributed by atoms with van der Waals surface area (Å²) in [5, 5.41) is 6.21. The van der Waals surface area contributed by atoms with Crippen molar-refractivity contribution in [3.8, 4) is 22.0 Å². The maximum atomic E-state index is 13.8. The van der Waals surface area contributed by atoms with Crippen LogP contribution in [0.5, 0.6) is 0 Å². The van der Waals surface area contributed by atoms with Crippen LogP contribution in [0.2, 0.25) is 0 Å². The number of pyridine rings is 1. The molecule has 7 heteroatoms. The number of rotatable bonds is 5. The molecule has 0 saturated heterocycles. The summed E-state index contributed by atoms with van der Waals surface area (Å²) in [7, 11) is 0. The van der Waals surface area contributed by atoms with Gasteiger partial charge in [-0.25, -0.2) is 4.98 Å². The Labute approximate surface area is 215 Å². The minimum Gasteiger partial charge on any atom is -0.304 e. The number of nitrogens with one attached hydrogen (secondary N) is 1. The van der Waals surface area contributed by atoms with Gasteiger partial charge in [0.15, 0.2) is 5.78 Å². The van der Waals surface area contributed by atoms with Crippen LogP contribution in [0.1, 0.15) is 44.1 Å². The Balaban J connectivity index is 1.16. The third-order valence-corrected chi connectivity index (χ3v) is 9.74. The van der Waals surface area contributed by atoms with Crippen LogP contribution in [0.15, 0.2) is 48.0 Å². The molecule has 4 saturated carbocycles. The Morgan fingerprint density at radius 3 is 2.53 bits per heavy atom. The predicted molar refractivity (Wildman–Crippen MR) is 140 cm³/mol. The fourth-order valence-corrected chi connectivity index (χ4v) is 8.44. The van der Waals surface area contributed by atoms with E-state index in [9.17, 15) is 9.59 Å². The molecule has 1 aliphatic heterocycles. The zero-order valence-electron chi connectivity index (χ0n) is 20.3. The number of anilines is 1. The summed E-state index contributed by atoms with van der Waals surface area (Å²) in [5.74, 6) is 2.40. The van der Waals surface area contributed by atoms with Crippen molar-refractivity contribution in [2.24, 2.45) is 23.2 Å². The zero-order chi connectivity index (χ0) is 24.3. The molecule has 0 spiro atoms. The van der Waals surface area contributed by atoms with Gasteiger partial charge in [0.1, 0.15) is 5.01 Å². The molecule has 3 heterocycles. The third-order valence-electron chi connectivity index (χ3n) is 8.88. The maximum Gasteiger partial charge on any atom is 0.241 e. The summed E-state index contributed by atoms with van der Waals surface area (Å²) in [6.07, 6.45) is 8.81. The Bertz CT molecular complexity index is 1300. The highest BCUT2D eigenvalue weighted by Crippen LogP contribution is 2.60. The largest absolute Gasteiger partial charge is 0.304 e. The molecule has 8 rings (SSSR count). The molecular weight excluding hydrogens is 468 g/mol. The smallest absolute Gasteiger partial charge is 0.241 e. The molecular formula is C29H30N4O2S. The molecule has 0 atom stereocenters. The highest BCUT2D eigenvalue weighted by molar-refractivity contribution is 7.13. The number of amides is 1. The number of thiazole rings is 1. The molecule has 0 unspecified atom stereocenters. The third kappa shape index (κ3) is 3.80. The van der Waals surface area contributed by atoms with Gasteiger partial charge in [-0.1, -0.05) is 12.1 Å². The Morgan fingerprint density at radius 2 is 1.81 bits per heavy atom. The average Bonchev–Trinajstić information content (AvgIpc) is 3.32. The molecule has 184 valence electrons. The average molecular weight is 499 g/mol. The van der Waals surface area contributed by atoms with Gasteiger partial charge in [0.25, 0.3) is 0 Å². The van der Waals surface area contributed by atoms with E-state index in [0.717, 1.165) is 52.5 Å². The Hall–Kier alpha value is -2.90. The fraction of sp³-hybridized carbons (Fsp3) is 0.448. The number of aromatic nitrogens is 2. The second-order valence-corrected chi connectivity index (χ2v) is 12.2. The fourth-order valence-electron chi connectivity index (χ4n) is 7.63. The van der Waals surface area contributed by atoms with Crippen LogP contribution in [-0.2, 0) is 16.1 Å². The maximum absolute atomic E-state index is 13.8. The lowest BCUT2D eigenvalue weighted by Gasteiger charge is -2.56. The SMILES string of the molecule is O=C1CNCc2cc(-c3csc(-c4ccccn4)n3)ccc2N1CC(=O)C12CC3CC(CC(C3)C1)C2. The number of carbonyl (C=O) groups is 2. The van der Waals surface area contributed by atoms with Crippen LogP contribution >= 0.6 is 11.3 Å². The lowest BCUT2D eigenvalue weighted by atomic mass is 9.48. The molecule has 4 bridgehead atoms. The van der Waals surface area contributed by atoms with Crippen molar-refractivity contribution in [3.63, 3.8) is 0 Å². The van der Waals surface area contributed by atoms with Crippen LogP contribution in [0, 0.1) is 23.2 Å². The van der Waals surface area contributed by atoms with Gasteiger partial charge in [0.2, 0.25) is 5.91 Å². The lowest BCUT2D eigenvalue weighted by molar-refractivity contribution is -0.143. The van der Waals surface area contributed by atoms with Gasteiger partial charge in [-0.05, 0) is 86.1 Å². The molecule has 1 amide bonds. The van der Waals surface area contributed by atoms with Gasteiger partial charge in [-0.3, -0.25) is 14.6 Å². The molecule has 6 nitrogen and oxygen atoms in total. The van der Waals surface area contributed by atoms with Crippen molar-refractivity contribution in [3.05, 3.63) is 53.5 Å². The van der Waals surface area contributed by atoms with Crippen molar-refractivity contribution >= 4 is 28.7 Å². The van der Waals surface area contributed by atoms with E-state index in [4.69, 9.17) is 4.98 Å². The second-order valence-electron chi connectivity index (χ2n) is 11.3. The minimum atomic E-state index is -0.197. The first-order chi connectivity index (χ1) is 17.6. The van der Waals surface area contributed by atoms with Gasteiger partial charge >= 0.3 is 0 Å². The first-order valence-electron chi connectivity index (χ1n) is 13.1. The van der Waals surface area contributed by atoms with Gasteiger partial charge in [-0.15, -0.1) is 11.3 Å². The van der Waals surface area contributed by atoms with E-state index in [-0.39, 0.29) is 30.2 Å². The summed E-state index contributed by atoms with van der Waals surface area (Å²) in [6.45, 7) is 1.03. The molecule has 0 radical (unpaired) electrons. The first-order valence-corrected chi connectivity index (χ1v) is 14.0. The van der Waals surface area contributed by atoms with E-state index in [2.05, 4.69) is 21.7 Å². The minimum absolute atomic E-state index is 0.0225. The van der Waals surface area contributed by atoms with Crippen molar-refractivity contribution in [1.82, 2.24) is 15.3 Å². The summed E-state index contributed by atoms with van der Waals surface area (Å²) >= 11 is 1.58. The number of Topliss-reactive ketones (excluding diaryl/α,β-unsaturated/α-hetero) is 1. The van der Waals surface area contributed by atoms with Crippen molar-refractivity contribution in [2.75, 3.05) is 18.0 Å². The Kier molecular flexibility index (Phi) is 5.33. The monoisotopic (exact) mass is 498 g/mol. The van der Waals surface area contributed by atoms with E-state index in [1.165, 1.54) is 19.3 Å². The number of ketones is 1. The van der Waals surface area contributed by atoms with Crippen LogP contribution in [0.25, 0.3) is 22.0 Å². The van der Waals surface area contributed by atoms with Gasteiger partial charge < -0.3 is 10.2 Å². The van der Waals surface area contributed by atoms with E-state index in [1.54, 1.807) is 22.4 Å². The number of hydrogen-bond donors (Lipinski definition) is 1. The molecule has 5 aliphatic rings. The lowest BCUT2D eigenvalue weighted by Crippen LogP contribution is -2.53. The van der Waals surface area contributed by atoms with Gasteiger partial charge in [0.05, 0.1) is 24.5 Å². The van der Waals surface area contributed by atoms with Crippen molar-refractivity contribution in [1.29, 1.82) is 0 Å². The summed E-state index contributed by atoms with van der Waals surface area (Å²) in [5.41, 5.74) is 4.46. The van der Waals surface area contributed by atoms with Gasteiger partial charge in [0, 0.05) is 34.8 Å². The van der Waals surface area contributed by atoms with Crippen LogP contribution in [0.4, 0.5) is 5.69 Å². The second kappa shape index (κ2) is 8.60. The highest BCUT2D eigenvalue weighted by atomic mass is 32.1. The normalized spacial score (nSPS) is 28.7. The number of fused-ring (bicyclic) bond motifs is 1. The number of hydrogen-bond acceptors (Lipinski definition) is 6. The van der Waals surface area contributed by atoms with E-state index in [1.807, 2.05) is 30.3 Å². The standard InChI is InChI=1S/C29H30N4O2S/c34-26(29-11-18-7-19(12-29)9-20(8-18)13-29)16-33-25-5-4-21(10-22(25)14-30-15-27(33)35)24-17-36-28(32-24)23-3-1-2-6-31-23/h1-6,10,17-20,30H,7-9,11-16H2. The van der Waals surface area contributed by atoms with E-state index in [0.29, 0.717) is 24.3 Å². The predicted octanol–water partition coefficient (Wildman–Crippen LogP) is 5.09. The zero-order valence-corrected chi connectivity index (χ0v) is 21.1. The molecule has 4 fully saturated rings. The topological polar surface area (TPSA) is 75.2 Å².